The van der Waals surface area contributed by atoms with Crippen molar-refractivity contribution >= 4 is 21.6 Å². The maximum Gasteiger partial charge on any atom is 0.142 e. The second-order valence-corrected chi connectivity index (χ2v) is 3.48. The van der Waals surface area contributed by atoms with Crippen molar-refractivity contribution in [3.05, 3.63) is 34.4 Å². The minimum Gasteiger partial charge on any atom is -0.390 e. The predicted molar refractivity (Wildman–Crippen MR) is 48.8 cm³/mol. The molecule has 0 unspecified atom stereocenters. The summed E-state index contributed by atoms with van der Waals surface area (Å²) in [6.07, 6.45) is 3.22. The highest BCUT2D eigenvalue weighted by Gasteiger charge is 2.04. The summed E-state index contributed by atoms with van der Waals surface area (Å²) in [6, 6.07) is 1.31. The van der Waals surface area contributed by atoms with Crippen LogP contribution in [0.5, 0.6) is 0 Å². The molecule has 0 saturated heterocycles. The maximum absolute atomic E-state index is 13.0. The van der Waals surface area contributed by atoms with Crippen molar-refractivity contribution in [2.24, 2.45) is 0 Å². The van der Waals surface area contributed by atoms with E-state index in [2.05, 4.69) is 20.9 Å². The topological polar surface area (TPSA) is 37.5 Å². The zero-order valence-electron chi connectivity index (χ0n) is 6.54. The lowest BCUT2D eigenvalue weighted by Crippen LogP contribution is -1.85. The molecule has 1 N–H and O–H groups in total. The van der Waals surface area contributed by atoms with Crippen LogP contribution in [0.3, 0.4) is 0 Å². The first-order valence-electron chi connectivity index (χ1n) is 3.64. The summed E-state index contributed by atoms with van der Waals surface area (Å²) in [7, 11) is 0. The highest BCUT2D eigenvalue weighted by molar-refractivity contribution is 9.10. The van der Waals surface area contributed by atoms with Gasteiger partial charge < -0.3 is 9.51 Å². The van der Waals surface area contributed by atoms with Crippen LogP contribution in [-0.4, -0.2) is 14.5 Å². The molecule has 0 saturated carbocycles. The minimum absolute atomic E-state index is 0.138. The van der Waals surface area contributed by atoms with Crippen molar-refractivity contribution in [3.8, 4) is 0 Å². The Morgan fingerprint density at radius 1 is 1.54 bits per heavy atom. The Morgan fingerprint density at radius 3 is 3.00 bits per heavy atom. The van der Waals surface area contributed by atoms with E-state index in [4.69, 9.17) is 5.11 Å². The van der Waals surface area contributed by atoms with Gasteiger partial charge in [-0.25, -0.2) is 9.37 Å². The summed E-state index contributed by atoms with van der Waals surface area (Å²) in [4.78, 5) is 3.99. The van der Waals surface area contributed by atoms with Gasteiger partial charge in [0.2, 0.25) is 0 Å². The number of fused-ring (bicyclic) bond motifs is 1. The molecule has 2 heterocycles. The molecule has 0 spiro atoms. The van der Waals surface area contributed by atoms with Crippen molar-refractivity contribution in [2.75, 3.05) is 0 Å². The van der Waals surface area contributed by atoms with Crippen LogP contribution in [0.15, 0.2) is 22.9 Å². The number of pyridine rings is 1. The molecule has 68 valence electrons. The van der Waals surface area contributed by atoms with Gasteiger partial charge in [-0.05, 0) is 15.9 Å². The number of aliphatic hydroxyl groups excluding tert-OH is 1. The fourth-order valence-electron chi connectivity index (χ4n) is 1.11. The van der Waals surface area contributed by atoms with Gasteiger partial charge in [0.1, 0.15) is 11.5 Å². The SMILES string of the molecule is OCc1cn2cc(Br)c(F)cc2n1. The maximum atomic E-state index is 13.0. The Hall–Kier alpha value is -0.940. The van der Waals surface area contributed by atoms with Crippen molar-refractivity contribution < 1.29 is 9.50 Å². The summed E-state index contributed by atoms with van der Waals surface area (Å²) < 4.78 is 15.0. The molecule has 0 aromatic carbocycles. The van der Waals surface area contributed by atoms with Crippen molar-refractivity contribution in [1.82, 2.24) is 9.38 Å². The van der Waals surface area contributed by atoms with Gasteiger partial charge in [0.25, 0.3) is 0 Å². The molecule has 0 radical (unpaired) electrons. The Bertz CT molecular complexity index is 416. The zero-order valence-corrected chi connectivity index (χ0v) is 8.12. The summed E-state index contributed by atoms with van der Waals surface area (Å²) >= 11 is 3.06. The quantitative estimate of drug-likeness (QED) is 0.830. The first-order chi connectivity index (χ1) is 6.20. The van der Waals surface area contributed by atoms with Gasteiger partial charge in [-0.2, -0.15) is 0 Å². The molecule has 13 heavy (non-hydrogen) atoms. The standard InChI is InChI=1S/C8H6BrFN2O/c9-6-3-12-2-5(4-13)11-8(12)1-7(6)10/h1-3,13H,4H2. The lowest BCUT2D eigenvalue weighted by molar-refractivity contribution is 0.277. The minimum atomic E-state index is -0.359. The van der Waals surface area contributed by atoms with Gasteiger partial charge >= 0.3 is 0 Å². The van der Waals surface area contributed by atoms with E-state index in [-0.39, 0.29) is 12.4 Å². The van der Waals surface area contributed by atoms with Crippen LogP contribution in [0.2, 0.25) is 0 Å². The van der Waals surface area contributed by atoms with E-state index in [1.54, 1.807) is 16.8 Å². The average molecular weight is 245 g/mol. The number of imidazole rings is 1. The summed E-state index contributed by atoms with van der Waals surface area (Å²) in [5.41, 5.74) is 1.02. The van der Waals surface area contributed by atoms with Gasteiger partial charge in [0.05, 0.1) is 16.8 Å². The molecule has 2 aromatic rings. The molecule has 0 fully saturated rings. The monoisotopic (exact) mass is 244 g/mol. The summed E-state index contributed by atoms with van der Waals surface area (Å²) in [5, 5.41) is 8.80. The van der Waals surface area contributed by atoms with E-state index < -0.39 is 0 Å². The second kappa shape index (κ2) is 3.08. The molecule has 2 aromatic heterocycles. The third-order valence-corrected chi connectivity index (χ3v) is 2.29. The fourth-order valence-corrected chi connectivity index (χ4v) is 1.45. The Morgan fingerprint density at radius 2 is 2.31 bits per heavy atom. The number of aliphatic hydroxyl groups is 1. The first-order valence-corrected chi connectivity index (χ1v) is 4.43. The van der Waals surface area contributed by atoms with Gasteiger partial charge in [-0.3, -0.25) is 0 Å². The highest BCUT2D eigenvalue weighted by Crippen LogP contribution is 2.17. The van der Waals surface area contributed by atoms with Gasteiger partial charge in [-0.1, -0.05) is 0 Å². The molecular weight excluding hydrogens is 239 g/mol. The number of halogens is 2. The normalized spacial score (nSPS) is 11.0. The second-order valence-electron chi connectivity index (χ2n) is 2.63. The van der Waals surface area contributed by atoms with Crippen LogP contribution in [0.25, 0.3) is 5.65 Å². The van der Waals surface area contributed by atoms with Crippen molar-refractivity contribution in [1.29, 1.82) is 0 Å². The number of nitrogens with zero attached hydrogens (tertiary/aromatic N) is 2. The molecule has 0 aliphatic carbocycles. The highest BCUT2D eigenvalue weighted by atomic mass is 79.9. The van der Waals surface area contributed by atoms with Gasteiger partial charge in [-0.15, -0.1) is 0 Å². The average Bonchev–Trinajstić information content (AvgIpc) is 2.48. The zero-order chi connectivity index (χ0) is 9.42. The van der Waals surface area contributed by atoms with Crippen molar-refractivity contribution in [2.45, 2.75) is 6.61 Å². The van der Waals surface area contributed by atoms with E-state index in [0.29, 0.717) is 15.8 Å². The van der Waals surface area contributed by atoms with Crippen LogP contribution < -0.4 is 0 Å². The smallest absolute Gasteiger partial charge is 0.142 e. The third kappa shape index (κ3) is 1.45. The van der Waals surface area contributed by atoms with E-state index >= 15 is 0 Å². The third-order valence-electron chi connectivity index (χ3n) is 1.71. The van der Waals surface area contributed by atoms with Gasteiger partial charge in [0, 0.05) is 18.5 Å². The Labute approximate surface area is 82.0 Å². The van der Waals surface area contributed by atoms with Gasteiger partial charge in [0.15, 0.2) is 0 Å². The molecule has 0 aliphatic rings. The van der Waals surface area contributed by atoms with E-state index in [1.165, 1.54) is 6.07 Å². The van der Waals surface area contributed by atoms with Crippen LogP contribution in [-0.2, 0) is 6.61 Å². The van der Waals surface area contributed by atoms with Crippen LogP contribution in [0.4, 0.5) is 4.39 Å². The van der Waals surface area contributed by atoms with Crippen LogP contribution in [0.1, 0.15) is 5.69 Å². The lowest BCUT2D eigenvalue weighted by atomic mass is 10.4. The molecule has 3 nitrogen and oxygen atoms in total. The van der Waals surface area contributed by atoms with E-state index in [0.717, 1.165) is 0 Å². The largest absolute Gasteiger partial charge is 0.390 e. The van der Waals surface area contributed by atoms with E-state index in [1.807, 2.05) is 0 Å². The molecule has 5 heteroatoms. The molecule has 0 aliphatic heterocycles. The van der Waals surface area contributed by atoms with Crippen LogP contribution in [0, 0.1) is 5.82 Å². The molecular formula is C8H6BrFN2O. The summed E-state index contributed by atoms with van der Waals surface area (Å²) in [6.45, 7) is -0.138. The molecule has 2 rings (SSSR count). The Kier molecular flexibility index (Phi) is 2.05. The van der Waals surface area contributed by atoms with E-state index in [9.17, 15) is 4.39 Å². The number of hydrogen-bond donors (Lipinski definition) is 1. The van der Waals surface area contributed by atoms with Crippen LogP contribution >= 0.6 is 15.9 Å². The Balaban J connectivity index is 2.70. The number of hydrogen-bond acceptors (Lipinski definition) is 2. The number of rotatable bonds is 1. The van der Waals surface area contributed by atoms with Crippen molar-refractivity contribution in [3.63, 3.8) is 0 Å². The summed E-state index contributed by atoms with van der Waals surface area (Å²) in [5.74, 6) is -0.359. The molecule has 0 atom stereocenters. The molecule has 0 amide bonds. The predicted octanol–water partition coefficient (Wildman–Crippen LogP) is 1.73. The lowest BCUT2D eigenvalue weighted by Gasteiger charge is -1.95. The fraction of sp³-hybridized carbons (Fsp3) is 0.125. The molecule has 0 bridgehead atoms. The number of aromatic nitrogens is 2. The first kappa shape index (κ1) is 8.65.